The summed E-state index contributed by atoms with van der Waals surface area (Å²) in [6, 6.07) is 13.8. The van der Waals surface area contributed by atoms with Crippen LogP contribution >= 0.6 is 0 Å². The molecule has 0 unspecified atom stereocenters. The van der Waals surface area contributed by atoms with Crippen LogP contribution in [0.15, 0.2) is 42.6 Å². The number of hydrogen-bond donors (Lipinski definition) is 1. The second kappa shape index (κ2) is 3.80. The monoisotopic (exact) mass is 182 g/mol. The highest BCUT2D eigenvalue weighted by Crippen LogP contribution is 2.09. The second-order valence-corrected chi connectivity index (χ2v) is 3.18. The third-order valence-corrected chi connectivity index (χ3v) is 2.11. The third-order valence-electron chi connectivity index (χ3n) is 2.11. The Morgan fingerprint density at radius 2 is 2.14 bits per heavy atom. The molecule has 0 bridgehead atoms. The van der Waals surface area contributed by atoms with Crippen molar-refractivity contribution >= 4 is 0 Å². The normalized spacial score (nSPS) is 9.64. The number of H-pyrrole nitrogens is 1. The lowest BCUT2D eigenvalue weighted by molar-refractivity contribution is 1.11. The van der Waals surface area contributed by atoms with Crippen molar-refractivity contribution in [1.29, 1.82) is 5.26 Å². The smallest absolute Gasteiger partial charge is 0.0991 e. The summed E-state index contributed by atoms with van der Waals surface area (Å²) < 4.78 is 0. The zero-order chi connectivity index (χ0) is 9.80. The minimum absolute atomic E-state index is 0.717. The molecule has 14 heavy (non-hydrogen) atoms. The fraction of sp³-hybridized carbons (Fsp3) is 0.0833. The summed E-state index contributed by atoms with van der Waals surface area (Å²) in [5, 5.41) is 8.73. The van der Waals surface area contributed by atoms with Gasteiger partial charge in [0.1, 0.15) is 0 Å². The minimum atomic E-state index is 0.717. The van der Waals surface area contributed by atoms with Crippen molar-refractivity contribution in [3.05, 3.63) is 59.4 Å². The highest BCUT2D eigenvalue weighted by molar-refractivity contribution is 5.34. The molecule has 0 aliphatic carbocycles. The largest absolute Gasteiger partial charge is 0.365 e. The Bertz CT molecular complexity index is 449. The van der Waals surface area contributed by atoms with E-state index in [-0.39, 0.29) is 0 Å². The zero-order valence-corrected chi connectivity index (χ0v) is 7.70. The molecule has 0 amide bonds. The van der Waals surface area contributed by atoms with Gasteiger partial charge in [0.25, 0.3) is 0 Å². The molecule has 0 aliphatic rings. The van der Waals surface area contributed by atoms with E-state index < -0.39 is 0 Å². The molecule has 2 nitrogen and oxygen atoms in total. The molecule has 2 rings (SSSR count). The third kappa shape index (κ3) is 1.83. The topological polar surface area (TPSA) is 39.6 Å². The number of hydrogen-bond acceptors (Lipinski definition) is 1. The van der Waals surface area contributed by atoms with Crippen LogP contribution in [0.1, 0.15) is 16.8 Å². The summed E-state index contributed by atoms with van der Waals surface area (Å²) >= 11 is 0. The number of nitriles is 1. The van der Waals surface area contributed by atoms with Crippen LogP contribution in [0.5, 0.6) is 0 Å². The molecule has 1 heterocycles. The molecular weight excluding hydrogens is 172 g/mol. The molecule has 2 heteroatoms. The van der Waals surface area contributed by atoms with Crippen molar-refractivity contribution in [2.24, 2.45) is 0 Å². The van der Waals surface area contributed by atoms with Crippen LogP contribution in [0.3, 0.4) is 0 Å². The van der Waals surface area contributed by atoms with Crippen LogP contribution in [0.4, 0.5) is 0 Å². The maximum atomic E-state index is 8.73. The lowest BCUT2D eigenvalue weighted by atomic mass is 10.1. The molecule has 1 N–H and O–H groups in total. The predicted octanol–water partition coefficient (Wildman–Crippen LogP) is 2.48. The van der Waals surface area contributed by atoms with E-state index in [1.807, 2.05) is 42.6 Å². The summed E-state index contributed by atoms with van der Waals surface area (Å²) in [6.07, 6.45) is 2.76. The van der Waals surface area contributed by atoms with E-state index in [0.29, 0.717) is 5.56 Å². The van der Waals surface area contributed by atoms with Crippen molar-refractivity contribution in [3.8, 4) is 6.07 Å². The van der Waals surface area contributed by atoms with Gasteiger partial charge in [-0.2, -0.15) is 5.26 Å². The molecule has 0 saturated carbocycles. The van der Waals surface area contributed by atoms with E-state index in [0.717, 1.165) is 12.0 Å². The summed E-state index contributed by atoms with van der Waals surface area (Å²) in [6.45, 7) is 0. The summed E-state index contributed by atoms with van der Waals surface area (Å²) in [7, 11) is 0. The molecule has 0 fully saturated rings. The maximum absolute atomic E-state index is 8.73. The molecule has 0 aliphatic heterocycles. The standard InChI is InChI=1S/C12H10N2/c13-9-11-4-1-3-10(7-11)8-12-5-2-6-14-12/h1-7,14H,8H2. The molecule has 0 saturated heterocycles. The fourth-order valence-electron chi connectivity index (χ4n) is 1.45. The van der Waals surface area contributed by atoms with Gasteiger partial charge in [-0.25, -0.2) is 0 Å². The number of nitrogens with zero attached hydrogens (tertiary/aromatic N) is 1. The van der Waals surface area contributed by atoms with Gasteiger partial charge in [-0.3, -0.25) is 0 Å². The van der Waals surface area contributed by atoms with Crippen molar-refractivity contribution in [1.82, 2.24) is 4.98 Å². The van der Waals surface area contributed by atoms with Crippen LogP contribution in [0.2, 0.25) is 0 Å². The number of rotatable bonds is 2. The molecule has 0 radical (unpaired) electrons. The van der Waals surface area contributed by atoms with Gasteiger partial charge in [0, 0.05) is 18.3 Å². The SMILES string of the molecule is N#Cc1cccc(Cc2ccc[nH]2)c1. The van der Waals surface area contributed by atoms with Crippen molar-refractivity contribution in [2.45, 2.75) is 6.42 Å². The first-order chi connectivity index (χ1) is 6.88. The van der Waals surface area contributed by atoms with E-state index in [1.165, 1.54) is 5.69 Å². The molecule has 0 atom stereocenters. The number of benzene rings is 1. The fourth-order valence-corrected chi connectivity index (χ4v) is 1.45. The number of aromatic amines is 1. The first-order valence-electron chi connectivity index (χ1n) is 4.50. The molecule has 1 aromatic heterocycles. The van der Waals surface area contributed by atoms with Gasteiger partial charge < -0.3 is 4.98 Å². The van der Waals surface area contributed by atoms with Crippen LogP contribution in [0, 0.1) is 11.3 Å². The summed E-state index contributed by atoms with van der Waals surface area (Å²) in [5.41, 5.74) is 3.04. The van der Waals surface area contributed by atoms with E-state index >= 15 is 0 Å². The van der Waals surface area contributed by atoms with Crippen LogP contribution in [-0.4, -0.2) is 4.98 Å². The summed E-state index contributed by atoms with van der Waals surface area (Å²) in [5.74, 6) is 0. The molecule has 68 valence electrons. The molecule has 1 aromatic carbocycles. The Morgan fingerprint density at radius 3 is 2.86 bits per heavy atom. The van der Waals surface area contributed by atoms with Gasteiger partial charge in [-0.05, 0) is 29.8 Å². The van der Waals surface area contributed by atoms with Crippen LogP contribution in [-0.2, 0) is 6.42 Å². The molecular formula is C12H10N2. The lowest BCUT2D eigenvalue weighted by Gasteiger charge is -1.99. The average molecular weight is 182 g/mol. The Balaban J connectivity index is 2.22. The van der Waals surface area contributed by atoms with E-state index in [4.69, 9.17) is 5.26 Å². The van der Waals surface area contributed by atoms with Gasteiger partial charge >= 0.3 is 0 Å². The molecule has 0 spiro atoms. The van der Waals surface area contributed by atoms with Gasteiger partial charge in [-0.1, -0.05) is 12.1 Å². The van der Waals surface area contributed by atoms with Crippen molar-refractivity contribution in [3.63, 3.8) is 0 Å². The average Bonchev–Trinajstić information content (AvgIpc) is 2.71. The predicted molar refractivity (Wildman–Crippen MR) is 54.8 cm³/mol. The van der Waals surface area contributed by atoms with Crippen LogP contribution in [0.25, 0.3) is 0 Å². The second-order valence-electron chi connectivity index (χ2n) is 3.18. The number of nitrogens with one attached hydrogen (secondary N) is 1. The van der Waals surface area contributed by atoms with Gasteiger partial charge in [0.2, 0.25) is 0 Å². The van der Waals surface area contributed by atoms with E-state index in [9.17, 15) is 0 Å². The molecule has 2 aromatic rings. The Hall–Kier alpha value is -2.01. The first-order valence-corrected chi connectivity index (χ1v) is 4.50. The highest BCUT2D eigenvalue weighted by Gasteiger charge is 1.97. The van der Waals surface area contributed by atoms with E-state index in [1.54, 1.807) is 0 Å². The van der Waals surface area contributed by atoms with Crippen molar-refractivity contribution < 1.29 is 0 Å². The maximum Gasteiger partial charge on any atom is 0.0991 e. The zero-order valence-electron chi connectivity index (χ0n) is 7.70. The van der Waals surface area contributed by atoms with Gasteiger partial charge in [-0.15, -0.1) is 0 Å². The van der Waals surface area contributed by atoms with Crippen molar-refractivity contribution in [2.75, 3.05) is 0 Å². The lowest BCUT2D eigenvalue weighted by Crippen LogP contribution is -1.88. The van der Waals surface area contributed by atoms with Crippen LogP contribution < -0.4 is 0 Å². The number of aromatic nitrogens is 1. The quantitative estimate of drug-likeness (QED) is 0.761. The van der Waals surface area contributed by atoms with E-state index in [2.05, 4.69) is 11.1 Å². The Labute approximate surface area is 82.8 Å². The van der Waals surface area contributed by atoms with Gasteiger partial charge in [0.15, 0.2) is 0 Å². The first kappa shape index (κ1) is 8.58. The van der Waals surface area contributed by atoms with Gasteiger partial charge in [0.05, 0.1) is 11.6 Å². The highest BCUT2D eigenvalue weighted by atomic mass is 14.7. The summed E-state index contributed by atoms with van der Waals surface area (Å²) in [4.78, 5) is 3.14. The Morgan fingerprint density at radius 1 is 1.21 bits per heavy atom. The minimum Gasteiger partial charge on any atom is -0.365 e. The Kier molecular flexibility index (Phi) is 2.33.